The number of anilines is 1. The summed E-state index contributed by atoms with van der Waals surface area (Å²) in [6, 6.07) is 14.1. The maximum absolute atomic E-state index is 12.3. The molecule has 1 aliphatic rings. The van der Waals surface area contributed by atoms with Gasteiger partial charge in [-0.1, -0.05) is 35.4 Å². The van der Waals surface area contributed by atoms with Crippen LogP contribution >= 0.6 is 0 Å². The molecule has 0 spiro atoms. The second-order valence-corrected chi connectivity index (χ2v) is 7.23. The molecule has 0 bridgehead atoms. The second kappa shape index (κ2) is 9.21. The molecule has 2 aromatic rings. The summed E-state index contributed by atoms with van der Waals surface area (Å²) in [6.45, 7) is 3.38. The molecule has 3 amide bonds. The zero-order valence-corrected chi connectivity index (χ0v) is 16.8. The summed E-state index contributed by atoms with van der Waals surface area (Å²) in [5.41, 5.74) is 5.59. The summed E-state index contributed by atoms with van der Waals surface area (Å²) in [6.07, 6.45) is -0.0907. The molecule has 1 aliphatic heterocycles. The summed E-state index contributed by atoms with van der Waals surface area (Å²) in [4.78, 5) is 48.6. The predicted octanol–water partition coefficient (Wildman–Crippen LogP) is 1.98. The zero-order valence-electron chi connectivity index (χ0n) is 16.8. The minimum Gasteiger partial charge on any atom is -0.455 e. The molecular formula is C22H23N3O5. The van der Waals surface area contributed by atoms with Crippen molar-refractivity contribution in [3.05, 3.63) is 65.2 Å². The summed E-state index contributed by atoms with van der Waals surface area (Å²) >= 11 is 0. The van der Waals surface area contributed by atoms with Gasteiger partial charge in [-0.3, -0.25) is 29.6 Å². The van der Waals surface area contributed by atoms with Crippen LogP contribution in [0.4, 0.5) is 5.69 Å². The Morgan fingerprint density at radius 3 is 2.23 bits per heavy atom. The van der Waals surface area contributed by atoms with E-state index in [0.29, 0.717) is 11.3 Å². The summed E-state index contributed by atoms with van der Waals surface area (Å²) in [5.74, 6) is -2.70. The number of nitrogens with one attached hydrogen (secondary N) is 2. The van der Waals surface area contributed by atoms with Crippen molar-refractivity contribution in [1.29, 1.82) is 0 Å². The minimum absolute atomic E-state index is 0.00511. The Morgan fingerprint density at radius 1 is 1.00 bits per heavy atom. The van der Waals surface area contributed by atoms with E-state index in [4.69, 9.17) is 4.74 Å². The van der Waals surface area contributed by atoms with E-state index in [9.17, 15) is 19.2 Å². The molecule has 0 saturated carbocycles. The molecule has 1 fully saturated rings. The lowest BCUT2D eigenvalue weighted by molar-refractivity contribution is -0.151. The molecule has 1 saturated heterocycles. The second-order valence-electron chi connectivity index (χ2n) is 7.23. The third kappa shape index (κ3) is 5.44. The number of carbonyl (C=O) groups excluding carboxylic acids is 4. The van der Waals surface area contributed by atoms with Gasteiger partial charge in [0.05, 0.1) is 12.5 Å². The Labute approximate surface area is 174 Å². The van der Waals surface area contributed by atoms with Crippen LogP contribution in [0.15, 0.2) is 48.5 Å². The van der Waals surface area contributed by atoms with Gasteiger partial charge in [-0.25, -0.2) is 0 Å². The number of rotatable bonds is 6. The number of ether oxygens (including phenoxy) is 1. The first-order valence-electron chi connectivity index (χ1n) is 9.53. The standard InChI is InChI=1S/C22H23N3O5/c1-14-3-7-16(8-4-14)21(28)24-25-12-17(11-20(25)27)22(29)30-13-19(26)23-18-9-5-15(2)6-10-18/h3-10,17H,11-13H2,1-2H3,(H,23,26)(H,24,28)/t17-/m1/s1. The van der Waals surface area contributed by atoms with Gasteiger partial charge in [0.15, 0.2) is 6.61 Å². The van der Waals surface area contributed by atoms with Gasteiger partial charge in [0, 0.05) is 17.7 Å². The highest BCUT2D eigenvalue weighted by molar-refractivity contribution is 5.97. The van der Waals surface area contributed by atoms with E-state index in [2.05, 4.69) is 10.7 Å². The predicted molar refractivity (Wildman–Crippen MR) is 109 cm³/mol. The topological polar surface area (TPSA) is 105 Å². The van der Waals surface area contributed by atoms with Crippen LogP contribution in [-0.4, -0.2) is 41.9 Å². The van der Waals surface area contributed by atoms with Gasteiger partial charge in [-0.2, -0.15) is 0 Å². The van der Waals surface area contributed by atoms with Crippen molar-refractivity contribution < 1.29 is 23.9 Å². The van der Waals surface area contributed by atoms with Gasteiger partial charge in [-0.05, 0) is 38.1 Å². The van der Waals surface area contributed by atoms with Gasteiger partial charge < -0.3 is 10.1 Å². The van der Waals surface area contributed by atoms with Crippen molar-refractivity contribution in [2.45, 2.75) is 20.3 Å². The molecule has 2 N–H and O–H groups in total. The lowest BCUT2D eigenvalue weighted by Crippen LogP contribution is -2.43. The fraction of sp³-hybridized carbons (Fsp3) is 0.273. The Bertz CT molecular complexity index is 954. The van der Waals surface area contributed by atoms with Crippen molar-refractivity contribution in [3.8, 4) is 0 Å². The third-order valence-corrected chi connectivity index (χ3v) is 4.69. The van der Waals surface area contributed by atoms with Crippen molar-refractivity contribution in [1.82, 2.24) is 10.4 Å². The van der Waals surface area contributed by atoms with Crippen molar-refractivity contribution in [2.75, 3.05) is 18.5 Å². The quantitative estimate of drug-likeness (QED) is 0.710. The largest absolute Gasteiger partial charge is 0.455 e. The van der Waals surface area contributed by atoms with E-state index in [1.807, 2.05) is 26.0 Å². The average molecular weight is 409 g/mol. The van der Waals surface area contributed by atoms with Crippen LogP contribution in [0.5, 0.6) is 0 Å². The van der Waals surface area contributed by atoms with Crippen LogP contribution < -0.4 is 10.7 Å². The number of hydrogen-bond acceptors (Lipinski definition) is 5. The highest BCUT2D eigenvalue weighted by Crippen LogP contribution is 2.18. The summed E-state index contributed by atoms with van der Waals surface area (Å²) in [7, 11) is 0. The van der Waals surface area contributed by atoms with E-state index in [0.717, 1.165) is 16.1 Å². The molecule has 1 atom stereocenters. The highest BCUT2D eigenvalue weighted by atomic mass is 16.5. The number of amides is 3. The maximum atomic E-state index is 12.3. The molecule has 0 aromatic heterocycles. The molecule has 0 unspecified atom stereocenters. The van der Waals surface area contributed by atoms with E-state index < -0.39 is 30.3 Å². The third-order valence-electron chi connectivity index (χ3n) is 4.69. The van der Waals surface area contributed by atoms with Crippen LogP contribution in [-0.2, 0) is 19.1 Å². The van der Waals surface area contributed by atoms with E-state index in [-0.39, 0.29) is 18.9 Å². The van der Waals surface area contributed by atoms with Gasteiger partial charge >= 0.3 is 5.97 Å². The Morgan fingerprint density at radius 2 is 1.60 bits per heavy atom. The minimum atomic E-state index is -0.747. The number of carbonyl (C=O) groups is 4. The van der Waals surface area contributed by atoms with Crippen molar-refractivity contribution >= 4 is 29.4 Å². The molecule has 1 heterocycles. The zero-order chi connectivity index (χ0) is 21.7. The van der Waals surface area contributed by atoms with Gasteiger partial charge in [-0.15, -0.1) is 0 Å². The van der Waals surface area contributed by atoms with Crippen molar-refractivity contribution in [2.24, 2.45) is 5.92 Å². The Hall–Kier alpha value is -3.68. The first kappa shape index (κ1) is 21.0. The Balaban J connectivity index is 1.47. The van der Waals surface area contributed by atoms with Crippen LogP contribution in [0.25, 0.3) is 0 Å². The Kier molecular flexibility index (Phi) is 6.46. The molecule has 8 heteroatoms. The first-order chi connectivity index (χ1) is 14.3. The van der Waals surface area contributed by atoms with E-state index in [1.165, 1.54) is 0 Å². The molecule has 3 rings (SSSR count). The molecule has 0 radical (unpaired) electrons. The number of hydrogen-bond donors (Lipinski definition) is 2. The van der Waals surface area contributed by atoms with Crippen molar-refractivity contribution in [3.63, 3.8) is 0 Å². The van der Waals surface area contributed by atoms with Gasteiger partial charge in [0.1, 0.15) is 0 Å². The lowest BCUT2D eigenvalue weighted by atomic mass is 10.1. The molecule has 156 valence electrons. The fourth-order valence-corrected chi connectivity index (χ4v) is 2.95. The smallest absolute Gasteiger partial charge is 0.311 e. The monoisotopic (exact) mass is 409 g/mol. The van der Waals surface area contributed by atoms with Crippen LogP contribution in [0.1, 0.15) is 27.9 Å². The normalized spacial score (nSPS) is 15.6. The molecule has 8 nitrogen and oxygen atoms in total. The highest BCUT2D eigenvalue weighted by Gasteiger charge is 2.36. The SMILES string of the molecule is Cc1ccc(NC(=O)COC(=O)[C@@H]2CC(=O)N(NC(=O)c3ccc(C)cc3)C2)cc1. The lowest BCUT2D eigenvalue weighted by Gasteiger charge is -2.17. The number of aryl methyl sites for hydroxylation is 2. The molecule has 2 aromatic carbocycles. The molecule has 0 aliphatic carbocycles. The average Bonchev–Trinajstić information content (AvgIpc) is 3.09. The van der Waals surface area contributed by atoms with Crippen LogP contribution in [0.2, 0.25) is 0 Å². The van der Waals surface area contributed by atoms with Crippen LogP contribution in [0, 0.1) is 19.8 Å². The van der Waals surface area contributed by atoms with E-state index >= 15 is 0 Å². The van der Waals surface area contributed by atoms with Gasteiger partial charge in [0.2, 0.25) is 5.91 Å². The number of hydrazine groups is 1. The number of esters is 1. The van der Waals surface area contributed by atoms with Crippen LogP contribution in [0.3, 0.4) is 0 Å². The molecule has 30 heavy (non-hydrogen) atoms. The molecular weight excluding hydrogens is 386 g/mol. The summed E-state index contributed by atoms with van der Waals surface area (Å²) in [5, 5.41) is 3.74. The van der Waals surface area contributed by atoms with Gasteiger partial charge in [0.25, 0.3) is 11.8 Å². The fourth-order valence-electron chi connectivity index (χ4n) is 2.95. The van der Waals surface area contributed by atoms with E-state index in [1.54, 1.807) is 36.4 Å². The first-order valence-corrected chi connectivity index (χ1v) is 9.53. The summed E-state index contributed by atoms with van der Waals surface area (Å²) < 4.78 is 5.04. The number of nitrogens with zero attached hydrogens (tertiary/aromatic N) is 1. The maximum Gasteiger partial charge on any atom is 0.311 e. The number of benzene rings is 2.